The molecule has 1 aromatic carbocycles. The Kier molecular flexibility index (Phi) is 5.79. The molecule has 1 aromatic rings. The van der Waals surface area contributed by atoms with Crippen molar-refractivity contribution >= 4 is 33.5 Å². The average molecular weight is 363 g/mol. The Balaban J connectivity index is 3.04. The van der Waals surface area contributed by atoms with E-state index in [2.05, 4.69) is 15.9 Å². The van der Waals surface area contributed by atoms with Gasteiger partial charge in [0.15, 0.2) is 0 Å². The van der Waals surface area contributed by atoms with Crippen LogP contribution in [0.3, 0.4) is 0 Å². The number of Topliss-reactive ketones (excluding diaryl/α,β-unsaturated/α-hetero) is 1. The lowest BCUT2D eigenvalue weighted by atomic mass is 10.1. The van der Waals surface area contributed by atoms with Gasteiger partial charge in [0.2, 0.25) is 0 Å². The fourth-order valence-corrected chi connectivity index (χ4v) is 2.22. The van der Waals surface area contributed by atoms with Crippen molar-refractivity contribution in [1.29, 1.82) is 0 Å². The second-order valence-corrected chi connectivity index (χ2v) is 5.24. The molecule has 0 radical (unpaired) electrons. The molecule has 1 rings (SSSR count). The van der Waals surface area contributed by atoms with Crippen LogP contribution in [-0.4, -0.2) is 16.6 Å². The monoisotopic (exact) mass is 362 g/mol. The van der Waals surface area contributed by atoms with Crippen LogP contribution in [0.4, 0.5) is 22.0 Å². The van der Waals surface area contributed by atoms with E-state index in [0.29, 0.717) is 0 Å². The first-order chi connectivity index (χ1) is 8.73. The van der Waals surface area contributed by atoms with Gasteiger partial charge in [-0.3, -0.25) is 4.79 Å². The molecule has 0 unspecified atom stereocenters. The second kappa shape index (κ2) is 6.69. The summed E-state index contributed by atoms with van der Waals surface area (Å²) in [5, 5.41) is 0.0655. The van der Waals surface area contributed by atoms with Crippen LogP contribution in [0.5, 0.6) is 0 Å². The predicted octanol–water partition coefficient (Wildman–Crippen LogP) is 4.74. The molecule has 0 saturated heterocycles. The highest BCUT2D eigenvalue weighted by Crippen LogP contribution is 2.41. The van der Waals surface area contributed by atoms with Crippen molar-refractivity contribution < 1.29 is 26.7 Å². The van der Waals surface area contributed by atoms with Gasteiger partial charge in [0.25, 0.3) is 6.43 Å². The Labute approximate surface area is 118 Å². The number of hydrogen-bond donors (Lipinski definition) is 0. The maximum absolute atomic E-state index is 12.7. The largest absolute Gasteiger partial charge is 0.446 e. The Morgan fingerprint density at radius 1 is 1.32 bits per heavy atom. The third-order valence-corrected chi connectivity index (χ3v) is 3.53. The van der Waals surface area contributed by atoms with Crippen LogP contribution in [0.1, 0.15) is 17.6 Å². The molecule has 0 spiro atoms. The summed E-state index contributed by atoms with van der Waals surface area (Å²) in [6, 6.07) is 3.16. The van der Waals surface area contributed by atoms with Crippen LogP contribution in [0, 0.1) is 0 Å². The minimum atomic E-state index is -4.63. The van der Waals surface area contributed by atoms with Crippen LogP contribution in [0.25, 0.3) is 0 Å². The summed E-state index contributed by atoms with van der Waals surface area (Å²) in [6.07, 6.45) is -3.12. The fourth-order valence-electron chi connectivity index (χ4n) is 1.37. The van der Waals surface area contributed by atoms with Crippen LogP contribution in [0.15, 0.2) is 23.1 Å². The van der Waals surface area contributed by atoms with Crippen LogP contribution in [0.2, 0.25) is 0 Å². The molecule has 19 heavy (non-hydrogen) atoms. The Bertz CT molecular complexity index is 461. The van der Waals surface area contributed by atoms with E-state index in [1.54, 1.807) is 0 Å². The molecule has 106 valence electrons. The molecule has 0 aliphatic heterocycles. The molecule has 0 atom stereocenters. The lowest BCUT2D eigenvalue weighted by Gasteiger charge is -2.12. The van der Waals surface area contributed by atoms with Crippen molar-refractivity contribution in [2.75, 3.05) is 5.33 Å². The molecule has 0 aliphatic carbocycles. The highest BCUT2D eigenvalue weighted by atomic mass is 79.9. The molecular formula is C11H8BrF5OS. The SMILES string of the molecule is O=C(CBr)Cc1ccc(SC(F)(F)F)c(C(F)F)c1. The maximum Gasteiger partial charge on any atom is 0.446 e. The highest BCUT2D eigenvalue weighted by molar-refractivity contribution is 9.09. The zero-order valence-electron chi connectivity index (χ0n) is 9.31. The summed E-state index contributed by atoms with van der Waals surface area (Å²) in [5.41, 5.74) is -5.06. The molecule has 0 aromatic heterocycles. The molecule has 0 heterocycles. The third-order valence-electron chi connectivity index (χ3n) is 2.09. The van der Waals surface area contributed by atoms with Crippen molar-refractivity contribution in [2.24, 2.45) is 0 Å². The quantitative estimate of drug-likeness (QED) is 0.427. The molecule has 8 heteroatoms. The van der Waals surface area contributed by atoms with E-state index in [0.717, 1.165) is 12.1 Å². The van der Waals surface area contributed by atoms with E-state index in [1.807, 2.05) is 0 Å². The van der Waals surface area contributed by atoms with E-state index < -0.39 is 34.2 Å². The minimum Gasteiger partial charge on any atom is -0.298 e. The predicted molar refractivity (Wildman–Crippen MR) is 65.8 cm³/mol. The first-order valence-electron chi connectivity index (χ1n) is 4.97. The van der Waals surface area contributed by atoms with Gasteiger partial charge >= 0.3 is 5.51 Å². The van der Waals surface area contributed by atoms with E-state index in [1.165, 1.54) is 6.07 Å². The van der Waals surface area contributed by atoms with Gasteiger partial charge < -0.3 is 0 Å². The number of carbonyl (C=O) groups is 1. The number of hydrogen-bond acceptors (Lipinski definition) is 2. The van der Waals surface area contributed by atoms with Gasteiger partial charge in [-0.05, 0) is 29.5 Å². The lowest BCUT2D eigenvalue weighted by Crippen LogP contribution is -2.05. The number of halogens is 6. The lowest BCUT2D eigenvalue weighted by molar-refractivity contribution is -0.115. The van der Waals surface area contributed by atoms with E-state index in [9.17, 15) is 26.7 Å². The topological polar surface area (TPSA) is 17.1 Å². The third kappa shape index (κ3) is 5.48. The summed E-state index contributed by atoms with van der Waals surface area (Å²) in [5.74, 6) is -0.239. The number of ketones is 1. The molecule has 0 saturated carbocycles. The first-order valence-corrected chi connectivity index (χ1v) is 6.91. The zero-order chi connectivity index (χ0) is 14.6. The highest BCUT2D eigenvalue weighted by Gasteiger charge is 2.31. The molecule has 0 bridgehead atoms. The molecular weight excluding hydrogens is 355 g/mol. The molecule has 0 N–H and O–H groups in total. The fraction of sp³-hybridized carbons (Fsp3) is 0.364. The van der Waals surface area contributed by atoms with Gasteiger partial charge in [0.1, 0.15) is 5.78 Å². The summed E-state index contributed by atoms with van der Waals surface area (Å²) < 4.78 is 62.1. The van der Waals surface area contributed by atoms with E-state index in [-0.39, 0.29) is 23.1 Å². The normalized spacial score (nSPS) is 11.9. The summed E-state index contributed by atoms with van der Waals surface area (Å²) >= 11 is 2.34. The molecule has 0 aliphatic rings. The molecule has 1 nitrogen and oxygen atoms in total. The van der Waals surface area contributed by atoms with Crippen molar-refractivity contribution in [3.63, 3.8) is 0 Å². The van der Waals surface area contributed by atoms with Gasteiger partial charge in [-0.15, -0.1) is 0 Å². The Morgan fingerprint density at radius 3 is 2.42 bits per heavy atom. The van der Waals surface area contributed by atoms with Crippen LogP contribution < -0.4 is 0 Å². The molecule has 0 fully saturated rings. The Morgan fingerprint density at radius 2 is 1.95 bits per heavy atom. The van der Waals surface area contributed by atoms with Crippen molar-refractivity contribution in [3.05, 3.63) is 29.3 Å². The van der Waals surface area contributed by atoms with Crippen LogP contribution in [-0.2, 0) is 11.2 Å². The summed E-state index contributed by atoms with van der Waals surface area (Å²) in [6.45, 7) is 0. The maximum atomic E-state index is 12.7. The average Bonchev–Trinajstić information content (AvgIpc) is 2.28. The number of benzene rings is 1. The van der Waals surface area contributed by atoms with Gasteiger partial charge in [-0.1, -0.05) is 22.0 Å². The number of alkyl halides is 6. The summed E-state index contributed by atoms with van der Waals surface area (Å²) in [4.78, 5) is 10.6. The first kappa shape index (κ1) is 16.4. The van der Waals surface area contributed by atoms with E-state index in [4.69, 9.17) is 0 Å². The smallest absolute Gasteiger partial charge is 0.298 e. The number of thioether (sulfide) groups is 1. The van der Waals surface area contributed by atoms with Gasteiger partial charge in [0, 0.05) is 16.9 Å². The number of rotatable bonds is 5. The Hall–Kier alpha value is -0.630. The van der Waals surface area contributed by atoms with Gasteiger partial charge in [-0.25, -0.2) is 8.78 Å². The minimum absolute atomic E-state index is 0.0655. The van der Waals surface area contributed by atoms with Crippen molar-refractivity contribution in [3.8, 4) is 0 Å². The number of carbonyl (C=O) groups excluding carboxylic acids is 1. The van der Waals surface area contributed by atoms with Crippen molar-refractivity contribution in [1.82, 2.24) is 0 Å². The zero-order valence-corrected chi connectivity index (χ0v) is 11.7. The summed E-state index contributed by atoms with van der Waals surface area (Å²) in [7, 11) is 0. The van der Waals surface area contributed by atoms with Gasteiger partial charge in [0.05, 0.1) is 5.33 Å². The van der Waals surface area contributed by atoms with Crippen LogP contribution >= 0.6 is 27.7 Å². The van der Waals surface area contributed by atoms with Crippen molar-refractivity contribution in [2.45, 2.75) is 23.3 Å². The van der Waals surface area contributed by atoms with Gasteiger partial charge in [-0.2, -0.15) is 13.2 Å². The second-order valence-electron chi connectivity index (χ2n) is 3.57. The van der Waals surface area contributed by atoms with E-state index >= 15 is 0 Å². The standard InChI is InChI=1S/C11H8BrF5OS/c12-5-7(18)3-6-1-2-9(19-11(15,16)17)8(4-6)10(13)14/h1-2,4,10H,3,5H2. The molecule has 0 amide bonds.